The predicted molar refractivity (Wildman–Crippen MR) is 142 cm³/mol. The van der Waals surface area contributed by atoms with E-state index in [9.17, 15) is 19.5 Å². The number of fused-ring (bicyclic) bond motifs is 1. The maximum Gasteiger partial charge on any atom is 0.332 e. The van der Waals surface area contributed by atoms with E-state index < -0.39 is 5.97 Å². The van der Waals surface area contributed by atoms with Gasteiger partial charge in [0.05, 0.1) is 6.42 Å². The standard InChI is InChI=1S/C30H36N2O5/c33-28(31-16-6-9-22-7-2-1-3-8-22)21-37-27-14-12-23(13-15-27)17-26(30(35)36)18-29(34)32-19-24-10-4-5-11-25(24)20-32/h1-3,7-8,12-15,17,24-25H,4-6,9-11,16,18-21H2,(H,31,33)(H,35,36)/b26-17+/t24-,25+. The fourth-order valence-corrected chi connectivity index (χ4v) is 5.30. The van der Waals surface area contributed by atoms with Crippen LogP contribution in [0.2, 0.25) is 0 Å². The van der Waals surface area contributed by atoms with E-state index in [1.54, 1.807) is 24.3 Å². The Labute approximate surface area is 218 Å². The monoisotopic (exact) mass is 504 g/mol. The molecule has 0 radical (unpaired) electrons. The Morgan fingerprint density at radius 3 is 2.30 bits per heavy atom. The van der Waals surface area contributed by atoms with Gasteiger partial charge in [0.15, 0.2) is 6.61 Å². The number of ether oxygens (including phenoxy) is 1. The summed E-state index contributed by atoms with van der Waals surface area (Å²) >= 11 is 0. The van der Waals surface area contributed by atoms with Crippen LogP contribution in [0, 0.1) is 11.8 Å². The molecule has 2 aromatic rings. The highest BCUT2D eigenvalue weighted by Crippen LogP contribution is 2.36. The number of hydrogen-bond acceptors (Lipinski definition) is 4. The molecule has 2 N–H and O–H groups in total. The molecule has 0 unspecified atom stereocenters. The number of aryl methyl sites for hydroxylation is 1. The fourth-order valence-electron chi connectivity index (χ4n) is 5.30. The molecule has 1 saturated heterocycles. The van der Waals surface area contributed by atoms with Gasteiger partial charge in [-0.15, -0.1) is 0 Å². The van der Waals surface area contributed by atoms with Gasteiger partial charge in [0.2, 0.25) is 5.91 Å². The molecule has 7 nitrogen and oxygen atoms in total. The first-order valence-electron chi connectivity index (χ1n) is 13.2. The lowest BCUT2D eigenvalue weighted by molar-refractivity contribution is -0.136. The largest absolute Gasteiger partial charge is 0.484 e. The number of benzene rings is 2. The van der Waals surface area contributed by atoms with Gasteiger partial charge in [0, 0.05) is 25.2 Å². The number of rotatable bonds is 11. The number of carbonyl (C=O) groups excluding carboxylic acids is 2. The Kier molecular flexibility index (Phi) is 9.35. The van der Waals surface area contributed by atoms with Crippen molar-refractivity contribution in [2.24, 2.45) is 11.8 Å². The van der Waals surface area contributed by atoms with Crippen molar-refractivity contribution in [2.45, 2.75) is 44.9 Å². The first kappa shape index (κ1) is 26.5. The highest BCUT2D eigenvalue weighted by Gasteiger charge is 2.36. The zero-order chi connectivity index (χ0) is 26.0. The van der Waals surface area contributed by atoms with Crippen LogP contribution in [-0.4, -0.2) is 54.0 Å². The topological polar surface area (TPSA) is 95.9 Å². The Hall–Kier alpha value is -3.61. The number of carboxylic acid groups (broad SMARTS) is 1. The van der Waals surface area contributed by atoms with Crippen LogP contribution in [0.5, 0.6) is 5.75 Å². The molecule has 2 atom stereocenters. The van der Waals surface area contributed by atoms with Crippen LogP contribution < -0.4 is 10.1 Å². The lowest BCUT2D eigenvalue weighted by Gasteiger charge is -2.22. The summed E-state index contributed by atoms with van der Waals surface area (Å²) in [6.07, 6.45) is 7.96. The molecule has 1 heterocycles. The number of carbonyl (C=O) groups is 3. The van der Waals surface area contributed by atoms with Crippen molar-refractivity contribution in [3.63, 3.8) is 0 Å². The lowest BCUT2D eigenvalue weighted by atomic mass is 9.82. The maximum absolute atomic E-state index is 12.8. The van der Waals surface area contributed by atoms with Crippen LogP contribution in [-0.2, 0) is 20.8 Å². The third kappa shape index (κ3) is 7.94. The molecule has 1 aliphatic carbocycles. The van der Waals surface area contributed by atoms with Crippen LogP contribution in [0.1, 0.15) is 49.7 Å². The number of aliphatic carboxylic acids is 1. The molecule has 0 bridgehead atoms. The first-order chi connectivity index (χ1) is 18.0. The summed E-state index contributed by atoms with van der Waals surface area (Å²) in [7, 11) is 0. The van der Waals surface area contributed by atoms with Crippen LogP contribution in [0.3, 0.4) is 0 Å². The second-order valence-corrected chi connectivity index (χ2v) is 10.1. The Bertz CT molecular complexity index is 1080. The molecule has 2 fully saturated rings. The van der Waals surface area contributed by atoms with E-state index in [0.29, 0.717) is 29.7 Å². The smallest absolute Gasteiger partial charge is 0.332 e. The Morgan fingerprint density at radius 1 is 0.973 bits per heavy atom. The van der Waals surface area contributed by atoms with Crippen LogP contribution in [0.15, 0.2) is 60.2 Å². The minimum absolute atomic E-state index is 0.0726. The molecule has 7 heteroatoms. The van der Waals surface area contributed by atoms with Crippen molar-refractivity contribution in [3.05, 3.63) is 71.3 Å². The summed E-state index contributed by atoms with van der Waals surface area (Å²) in [5.41, 5.74) is 1.98. The van der Waals surface area contributed by atoms with Crippen LogP contribution in [0.25, 0.3) is 6.08 Å². The summed E-state index contributed by atoms with van der Waals surface area (Å²) in [5, 5.41) is 12.5. The van der Waals surface area contributed by atoms with Gasteiger partial charge in [-0.1, -0.05) is 55.3 Å². The van der Waals surface area contributed by atoms with E-state index in [4.69, 9.17) is 4.74 Å². The van der Waals surface area contributed by atoms with Crippen molar-refractivity contribution in [1.82, 2.24) is 10.2 Å². The Morgan fingerprint density at radius 2 is 1.65 bits per heavy atom. The number of nitrogens with zero attached hydrogens (tertiary/aromatic N) is 1. The van der Waals surface area contributed by atoms with E-state index in [2.05, 4.69) is 17.4 Å². The molecule has 2 aliphatic rings. The molecule has 1 aliphatic heterocycles. The quantitative estimate of drug-likeness (QED) is 0.351. The molecular formula is C30H36N2O5. The van der Waals surface area contributed by atoms with Gasteiger partial charge in [-0.2, -0.15) is 0 Å². The summed E-state index contributed by atoms with van der Waals surface area (Å²) in [6.45, 7) is 2.00. The molecule has 2 aromatic carbocycles. The van der Waals surface area contributed by atoms with E-state index in [0.717, 1.165) is 25.9 Å². The zero-order valence-electron chi connectivity index (χ0n) is 21.2. The van der Waals surface area contributed by atoms with Crippen molar-refractivity contribution in [1.29, 1.82) is 0 Å². The van der Waals surface area contributed by atoms with Crippen LogP contribution in [0.4, 0.5) is 0 Å². The number of carboxylic acids is 1. The summed E-state index contributed by atoms with van der Waals surface area (Å²) in [6, 6.07) is 17.0. The number of likely N-dealkylation sites (tertiary alicyclic amines) is 1. The second-order valence-electron chi connectivity index (χ2n) is 10.1. The average Bonchev–Trinajstić information content (AvgIpc) is 3.35. The van der Waals surface area contributed by atoms with Crippen molar-refractivity contribution >= 4 is 23.9 Å². The predicted octanol–water partition coefficient (Wildman–Crippen LogP) is 4.32. The highest BCUT2D eigenvalue weighted by atomic mass is 16.5. The normalized spacial score (nSPS) is 19.2. The SMILES string of the molecule is O=C(COc1ccc(/C=C(\CC(=O)N2C[C@H]3CCCC[C@H]3C2)C(=O)O)cc1)NCCCc1ccccc1. The summed E-state index contributed by atoms with van der Waals surface area (Å²) in [5.74, 6) is 0.263. The first-order valence-corrected chi connectivity index (χ1v) is 13.2. The van der Waals surface area contributed by atoms with E-state index >= 15 is 0 Å². The van der Waals surface area contributed by atoms with Gasteiger partial charge in [-0.3, -0.25) is 9.59 Å². The van der Waals surface area contributed by atoms with Crippen molar-refractivity contribution in [2.75, 3.05) is 26.2 Å². The molecule has 0 spiro atoms. The number of nitrogens with one attached hydrogen (secondary N) is 1. The number of hydrogen-bond donors (Lipinski definition) is 2. The minimum atomic E-state index is -1.09. The van der Waals surface area contributed by atoms with E-state index in [1.807, 2.05) is 23.1 Å². The van der Waals surface area contributed by atoms with Gasteiger partial charge in [-0.05, 0) is 66.9 Å². The molecular weight excluding hydrogens is 468 g/mol. The lowest BCUT2D eigenvalue weighted by Crippen LogP contribution is -2.30. The van der Waals surface area contributed by atoms with Gasteiger partial charge < -0.3 is 20.1 Å². The highest BCUT2D eigenvalue weighted by molar-refractivity contribution is 5.98. The summed E-state index contributed by atoms with van der Waals surface area (Å²) < 4.78 is 5.56. The van der Waals surface area contributed by atoms with Crippen molar-refractivity contribution < 1.29 is 24.2 Å². The van der Waals surface area contributed by atoms with Gasteiger partial charge in [-0.25, -0.2) is 4.79 Å². The average molecular weight is 505 g/mol. The third-order valence-electron chi connectivity index (χ3n) is 7.34. The molecule has 196 valence electrons. The van der Waals surface area contributed by atoms with E-state index in [-0.39, 0.29) is 30.4 Å². The summed E-state index contributed by atoms with van der Waals surface area (Å²) in [4.78, 5) is 38.6. The number of amides is 2. The maximum atomic E-state index is 12.8. The minimum Gasteiger partial charge on any atom is -0.484 e. The molecule has 0 aromatic heterocycles. The molecule has 2 amide bonds. The van der Waals surface area contributed by atoms with Gasteiger partial charge >= 0.3 is 5.97 Å². The zero-order valence-corrected chi connectivity index (χ0v) is 21.2. The second kappa shape index (κ2) is 13.1. The van der Waals surface area contributed by atoms with Crippen molar-refractivity contribution in [3.8, 4) is 5.75 Å². The molecule has 37 heavy (non-hydrogen) atoms. The fraction of sp³-hybridized carbons (Fsp3) is 0.433. The third-order valence-corrected chi connectivity index (χ3v) is 7.34. The molecule has 1 saturated carbocycles. The van der Waals surface area contributed by atoms with E-state index in [1.165, 1.54) is 37.3 Å². The van der Waals surface area contributed by atoms with Gasteiger partial charge in [0.25, 0.3) is 5.91 Å². The van der Waals surface area contributed by atoms with Gasteiger partial charge in [0.1, 0.15) is 5.75 Å². The Balaban J connectivity index is 1.22. The molecule has 4 rings (SSSR count). The van der Waals surface area contributed by atoms with Crippen LogP contribution >= 0.6 is 0 Å².